The molecule has 20 heavy (non-hydrogen) atoms. The van der Waals surface area contributed by atoms with Crippen molar-refractivity contribution in [3.05, 3.63) is 0 Å². The maximum atomic E-state index is 12.0. The molecule has 1 aliphatic heterocycles. The first-order valence-electron chi connectivity index (χ1n) is 7.26. The average molecular weight is 299 g/mol. The van der Waals surface area contributed by atoms with Crippen LogP contribution in [-0.4, -0.2) is 34.5 Å². The smallest absolute Gasteiger partial charge is 0.242 e. The van der Waals surface area contributed by atoms with Gasteiger partial charge in [0.05, 0.1) is 6.54 Å². The Kier molecular flexibility index (Phi) is 5.53. The minimum absolute atomic E-state index is 0.0140. The van der Waals surface area contributed by atoms with Crippen LogP contribution in [0.4, 0.5) is 0 Å². The quantitative estimate of drug-likeness (QED) is 0.842. The van der Waals surface area contributed by atoms with Gasteiger partial charge in [-0.1, -0.05) is 32.5 Å². The highest BCUT2D eigenvalue weighted by molar-refractivity contribution is 8.14. The van der Waals surface area contributed by atoms with Crippen LogP contribution in [0.3, 0.4) is 0 Å². The van der Waals surface area contributed by atoms with Crippen LogP contribution in [0.2, 0.25) is 0 Å². The lowest BCUT2D eigenvalue weighted by Crippen LogP contribution is -2.50. The number of thioether (sulfide) groups is 1. The van der Waals surface area contributed by atoms with Gasteiger partial charge in [-0.2, -0.15) is 0 Å². The van der Waals surface area contributed by atoms with Gasteiger partial charge in [0.25, 0.3) is 0 Å². The van der Waals surface area contributed by atoms with E-state index in [9.17, 15) is 4.79 Å². The molecule has 4 nitrogen and oxygen atoms in total. The van der Waals surface area contributed by atoms with E-state index in [0.717, 1.165) is 18.1 Å². The molecule has 0 saturated carbocycles. The molecule has 2 atom stereocenters. The maximum Gasteiger partial charge on any atom is 0.242 e. The molecule has 1 heterocycles. The number of rotatable bonds is 3. The van der Waals surface area contributed by atoms with Gasteiger partial charge in [-0.05, 0) is 39.5 Å². The van der Waals surface area contributed by atoms with Crippen molar-refractivity contribution < 1.29 is 4.79 Å². The van der Waals surface area contributed by atoms with E-state index >= 15 is 0 Å². The summed E-state index contributed by atoms with van der Waals surface area (Å²) in [5.74, 6) is 0.0140. The van der Waals surface area contributed by atoms with Crippen molar-refractivity contribution in [2.75, 3.05) is 6.54 Å². The van der Waals surface area contributed by atoms with Crippen molar-refractivity contribution in [3.63, 3.8) is 0 Å². The summed E-state index contributed by atoms with van der Waals surface area (Å²) in [7, 11) is 0. The molecule has 1 amide bonds. The lowest BCUT2D eigenvalue weighted by molar-refractivity contribution is -0.123. The van der Waals surface area contributed by atoms with E-state index in [1.807, 2.05) is 27.7 Å². The number of amidine groups is 1. The van der Waals surface area contributed by atoms with Gasteiger partial charge in [0, 0.05) is 10.8 Å². The molecule has 0 aromatic heterocycles. The number of nitrogens with zero attached hydrogens (tertiary/aromatic N) is 1. The first-order valence-corrected chi connectivity index (χ1v) is 8.14. The van der Waals surface area contributed by atoms with Crippen molar-refractivity contribution in [1.29, 1.82) is 0 Å². The molecule has 0 spiro atoms. The second kappa shape index (κ2) is 6.37. The van der Waals surface area contributed by atoms with E-state index in [2.05, 4.69) is 36.4 Å². The Bertz CT molecular complexity index is 380. The molecular weight excluding hydrogens is 270 g/mol. The lowest BCUT2D eigenvalue weighted by Gasteiger charge is -2.24. The molecule has 1 rings (SSSR count). The number of amides is 1. The summed E-state index contributed by atoms with van der Waals surface area (Å²) >= 11 is 1.76. The lowest BCUT2D eigenvalue weighted by atomic mass is 9.90. The van der Waals surface area contributed by atoms with E-state index in [-0.39, 0.29) is 17.5 Å². The van der Waals surface area contributed by atoms with Crippen molar-refractivity contribution in [1.82, 2.24) is 10.6 Å². The minimum atomic E-state index is -0.256. The van der Waals surface area contributed by atoms with Crippen molar-refractivity contribution >= 4 is 22.8 Å². The van der Waals surface area contributed by atoms with Gasteiger partial charge >= 0.3 is 0 Å². The van der Waals surface area contributed by atoms with E-state index in [1.165, 1.54) is 0 Å². The number of nitrogens with one attached hydrogen (secondary N) is 2. The molecule has 0 aromatic rings. The number of aliphatic imine (C=N–C) groups is 1. The molecule has 1 aliphatic rings. The second-order valence-corrected chi connectivity index (χ2v) is 9.04. The fourth-order valence-electron chi connectivity index (χ4n) is 2.01. The fourth-order valence-corrected chi connectivity index (χ4v) is 3.46. The molecule has 0 saturated heterocycles. The third kappa shape index (κ3) is 6.64. The van der Waals surface area contributed by atoms with Gasteiger partial charge in [-0.25, -0.2) is 0 Å². The Hall–Kier alpha value is -0.710. The highest BCUT2D eigenvalue weighted by Crippen LogP contribution is 2.31. The zero-order valence-electron chi connectivity index (χ0n) is 13.8. The van der Waals surface area contributed by atoms with Crippen LogP contribution in [-0.2, 0) is 4.79 Å². The largest absolute Gasteiger partial charge is 0.353 e. The zero-order valence-corrected chi connectivity index (χ0v) is 14.6. The molecular formula is C15H29N3OS. The van der Waals surface area contributed by atoms with Crippen molar-refractivity contribution in [3.8, 4) is 0 Å². The monoisotopic (exact) mass is 299 g/mol. The number of hydrogen-bond donors (Lipinski definition) is 2. The van der Waals surface area contributed by atoms with E-state index < -0.39 is 0 Å². The fraction of sp³-hybridized carbons (Fsp3) is 0.867. The Labute approximate surface area is 127 Å². The Morgan fingerprint density at radius 3 is 2.45 bits per heavy atom. The molecule has 0 bridgehead atoms. The van der Waals surface area contributed by atoms with Crippen LogP contribution >= 0.6 is 11.8 Å². The zero-order chi connectivity index (χ0) is 15.6. The Morgan fingerprint density at radius 1 is 1.35 bits per heavy atom. The summed E-state index contributed by atoms with van der Waals surface area (Å²) in [6, 6.07) is -0.256. The molecule has 0 radical (unpaired) electrons. The molecule has 0 aliphatic carbocycles. The minimum Gasteiger partial charge on any atom is -0.353 e. The van der Waals surface area contributed by atoms with Crippen LogP contribution in [0, 0.1) is 5.41 Å². The van der Waals surface area contributed by atoms with Gasteiger partial charge in [-0.15, -0.1) is 0 Å². The standard InChI is InChI=1S/C15H29N3OS/c1-10(12(19)18-15(5,6)7)17-13-16-9-11(20-13)8-14(2,3)4/h10-11H,8-9H2,1-7H3,(H,16,17)(H,18,19). The summed E-state index contributed by atoms with van der Waals surface area (Å²) < 4.78 is 0. The normalized spacial score (nSPS) is 21.4. The Balaban J connectivity index is 2.41. The number of carbonyl (C=O) groups is 1. The van der Waals surface area contributed by atoms with Crippen LogP contribution in [0.15, 0.2) is 4.99 Å². The summed E-state index contributed by atoms with van der Waals surface area (Å²) in [5.41, 5.74) is 0.115. The topological polar surface area (TPSA) is 53.5 Å². The maximum absolute atomic E-state index is 12.0. The molecule has 0 aromatic carbocycles. The number of hydrogen-bond acceptors (Lipinski definition) is 4. The highest BCUT2D eigenvalue weighted by atomic mass is 32.2. The first kappa shape index (κ1) is 17.3. The molecule has 2 N–H and O–H groups in total. The Morgan fingerprint density at radius 2 is 1.95 bits per heavy atom. The number of carbonyl (C=O) groups excluding carboxylic acids is 1. The average Bonchev–Trinajstić information content (AvgIpc) is 2.59. The predicted octanol–water partition coefficient (Wildman–Crippen LogP) is 2.79. The van der Waals surface area contributed by atoms with Crippen molar-refractivity contribution in [2.45, 2.75) is 71.7 Å². The predicted molar refractivity (Wildman–Crippen MR) is 88.2 cm³/mol. The highest BCUT2D eigenvalue weighted by Gasteiger charge is 2.27. The second-order valence-electron chi connectivity index (χ2n) is 7.76. The van der Waals surface area contributed by atoms with Gasteiger partial charge in [0.2, 0.25) is 5.91 Å². The van der Waals surface area contributed by atoms with Gasteiger partial charge in [0.15, 0.2) is 5.17 Å². The summed E-state index contributed by atoms with van der Waals surface area (Å²) in [5, 5.41) is 7.62. The van der Waals surface area contributed by atoms with E-state index in [4.69, 9.17) is 0 Å². The van der Waals surface area contributed by atoms with Crippen LogP contribution in [0.1, 0.15) is 54.9 Å². The summed E-state index contributed by atoms with van der Waals surface area (Å²) in [4.78, 5) is 16.5. The molecule has 5 heteroatoms. The third-order valence-corrected chi connectivity index (χ3v) is 3.91. The van der Waals surface area contributed by atoms with E-state index in [0.29, 0.717) is 10.7 Å². The molecule has 116 valence electrons. The molecule has 0 fully saturated rings. The van der Waals surface area contributed by atoms with Gasteiger partial charge < -0.3 is 10.6 Å². The summed E-state index contributed by atoms with van der Waals surface area (Å²) in [6.07, 6.45) is 1.13. The van der Waals surface area contributed by atoms with Gasteiger partial charge in [0.1, 0.15) is 6.04 Å². The first-order chi connectivity index (χ1) is 8.96. The van der Waals surface area contributed by atoms with Crippen LogP contribution in [0.5, 0.6) is 0 Å². The molecule has 2 unspecified atom stereocenters. The SMILES string of the molecule is CC(NC1=NCC(CC(C)(C)C)S1)C(=O)NC(C)(C)C. The van der Waals surface area contributed by atoms with E-state index in [1.54, 1.807) is 11.8 Å². The third-order valence-electron chi connectivity index (χ3n) is 2.79. The van der Waals surface area contributed by atoms with Gasteiger partial charge in [-0.3, -0.25) is 9.79 Å². The summed E-state index contributed by atoms with van der Waals surface area (Å²) in [6.45, 7) is 15.4. The van der Waals surface area contributed by atoms with Crippen LogP contribution < -0.4 is 10.6 Å². The van der Waals surface area contributed by atoms with Crippen LogP contribution in [0.25, 0.3) is 0 Å². The van der Waals surface area contributed by atoms with Crippen molar-refractivity contribution in [2.24, 2.45) is 10.4 Å².